The van der Waals surface area contributed by atoms with Gasteiger partial charge in [0, 0.05) is 29.1 Å². The summed E-state index contributed by atoms with van der Waals surface area (Å²) in [5, 5.41) is 0. The van der Waals surface area contributed by atoms with Gasteiger partial charge >= 0.3 is 12.1 Å². The van der Waals surface area contributed by atoms with Crippen molar-refractivity contribution in [2.45, 2.75) is 56.1 Å². The van der Waals surface area contributed by atoms with Crippen LogP contribution in [0, 0.1) is 5.41 Å². The zero-order valence-corrected chi connectivity index (χ0v) is 17.7. The quantitative estimate of drug-likeness (QED) is 0.330. The summed E-state index contributed by atoms with van der Waals surface area (Å²) >= 11 is 2.35. The number of esters is 1. The van der Waals surface area contributed by atoms with E-state index in [4.69, 9.17) is 9.47 Å². The van der Waals surface area contributed by atoms with E-state index in [1.54, 1.807) is 9.80 Å². The van der Waals surface area contributed by atoms with Gasteiger partial charge in [-0.3, -0.25) is 4.79 Å². The van der Waals surface area contributed by atoms with Gasteiger partial charge in [-0.25, -0.2) is 9.59 Å². The van der Waals surface area contributed by atoms with Crippen molar-refractivity contribution >= 4 is 40.6 Å². The molecule has 0 radical (unpaired) electrons. The summed E-state index contributed by atoms with van der Waals surface area (Å²) in [5.74, 6) is -0.358. The lowest BCUT2D eigenvalue weighted by atomic mass is 9.76. The number of hydrogen-bond acceptors (Lipinski definition) is 5. The van der Waals surface area contributed by atoms with Crippen LogP contribution >= 0.6 is 22.6 Å². The van der Waals surface area contributed by atoms with Crippen molar-refractivity contribution < 1.29 is 23.9 Å². The Bertz CT molecular complexity index is 661. The molecule has 2 fully saturated rings. The van der Waals surface area contributed by atoms with E-state index < -0.39 is 17.0 Å². The summed E-state index contributed by atoms with van der Waals surface area (Å²) in [6.07, 6.45) is 2.28. The number of halogens is 1. The smallest absolute Gasteiger partial charge is 0.410 e. The molecule has 144 valence electrons. The van der Waals surface area contributed by atoms with Crippen molar-refractivity contribution in [2.24, 2.45) is 5.41 Å². The molecule has 3 heterocycles. The molecule has 3 rings (SSSR count). The zero-order valence-electron chi connectivity index (χ0n) is 15.6. The predicted octanol–water partition coefficient (Wildman–Crippen LogP) is 2.48. The summed E-state index contributed by atoms with van der Waals surface area (Å²) in [5.41, 5.74) is -0.403. The molecule has 8 heteroatoms. The van der Waals surface area contributed by atoms with Gasteiger partial charge in [-0.15, -0.1) is 0 Å². The zero-order chi connectivity index (χ0) is 19.3. The molecule has 0 bridgehead atoms. The molecule has 0 saturated carbocycles. The van der Waals surface area contributed by atoms with E-state index in [1.165, 1.54) is 6.08 Å². The van der Waals surface area contributed by atoms with Crippen LogP contribution < -0.4 is 0 Å². The largest absolute Gasteiger partial charge is 0.456 e. The summed E-state index contributed by atoms with van der Waals surface area (Å²) in [6, 6.07) is -0.0167. The molecule has 26 heavy (non-hydrogen) atoms. The third-order valence-electron chi connectivity index (χ3n) is 5.27. The molecule has 3 aliphatic heterocycles. The maximum atomic E-state index is 13.3. The maximum absolute atomic E-state index is 13.3. The van der Waals surface area contributed by atoms with Crippen LogP contribution in [0.2, 0.25) is 0 Å². The first-order valence-corrected chi connectivity index (χ1v) is 10.1. The fourth-order valence-corrected chi connectivity index (χ4v) is 5.15. The highest BCUT2D eigenvalue weighted by molar-refractivity contribution is 14.1. The highest BCUT2D eigenvalue weighted by Gasteiger charge is 2.58. The van der Waals surface area contributed by atoms with Gasteiger partial charge in [0.25, 0.3) is 0 Å². The molecule has 2 amide bonds. The van der Waals surface area contributed by atoms with Gasteiger partial charge in [-0.05, 0) is 40.5 Å². The normalized spacial score (nSPS) is 28.4. The Kier molecular flexibility index (Phi) is 5.00. The molecule has 1 spiro atoms. The van der Waals surface area contributed by atoms with Gasteiger partial charge in [0.1, 0.15) is 12.2 Å². The van der Waals surface area contributed by atoms with E-state index in [1.807, 2.05) is 27.7 Å². The molecule has 2 atom stereocenters. The number of hydrogen-bond donors (Lipinski definition) is 0. The third kappa shape index (κ3) is 3.32. The number of ether oxygens (including phenoxy) is 2. The first-order valence-electron chi connectivity index (χ1n) is 8.88. The van der Waals surface area contributed by atoms with Crippen LogP contribution in [-0.2, 0) is 19.1 Å². The number of carbonyl (C=O) groups excluding carboxylic acids is 3. The van der Waals surface area contributed by atoms with Gasteiger partial charge < -0.3 is 19.3 Å². The van der Waals surface area contributed by atoms with E-state index in [-0.39, 0.29) is 28.6 Å². The number of amides is 2. The Morgan fingerprint density at radius 1 is 1.31 bits per heavy atom. The number of likely N-dealkylation sites (tertiary alicyclic amines) is 2. The Morgan fingerprint density at radius 2 is 1.92 bits per heavy atom. The van der Waals surface area contributed by atoms with Gasteiger partial charge in [0.2, 0.25) is 5.91 Å². The fraction of sp³-hybridized carbons (Fsp3) is 0.722. The Morgan fingerprint density at radius 3 is 2.42 bits per heavy atom. The van der Waals surface area contributed by atoms with E-state index in [0.717, 1.165) is 0 Å². The lowest BCUT2D eigenvalue weighted by Crippen LogP contribution is -2.50. The van der Waals surface area contributed by atoms with Crippen LogP contribution in [0.4, 0.5) is 4.79 Å². The second-order valence-electron chi connectivity index (χ2n) is 8.18. The van der Waals surface area contributed by atoms with Gasteiger partial charge in [-0.1, -0.05) is 22.6 Å². The van der Waals surface area contributed by atoms with Gasteiger partial charge in [0.05, 0.1) is 11.1 Å². The second-order valence-corrected chi connectivity index (χ2v) is 9.53. The van der Waals surface area contributed by atoms with Crippen LogP contribution in [0.3, 0.4) is 0 Å². The molecule has 0 aromatic rings. The number of piperidine rings is 1. The van der Waals surface area contributed by atoms with Crippen LogP contribution in [0.5, 0.6) is 0 Å². The minimum absolute atomic E-state index is 0.0167. The fourth-order valence-electron chi connectivity index (χ4n) is 3.94. The van der Waals surface area contributed by atoms with Crippen LogP contribution in [0.15, 0.2) is 11.8 Å². The summed E-state index contributed by atoms with van der Waals surface area (Å²) in [6.45, 7) is 8.68. The number of cyclic esters (lactones) is 1. The first kappa shape index (κ1) is 19.4. The Labute approximate surface area is 167 Å². The minimum atomic E-state index is -0.534. The molecular weight excluding hydrogens is 451 g/mol. The van der Waals surface area contributed by atoms with Crippen molar-refractivity contribution in [2.75, 3.05) is 19.7 Å². The van der Waals surface area contributed by atoms with Crippen molar-refractivity contribution in [1.82, 2.24) is 9.80 Å². The SMILES string of the molecule is CC1C(I)C2(CCN(C(=O)OC(C)(C)C)CC2)C(=O)N1C1=CC(=O)OC1. The maximum Gasteiger partial charge on any atom is 0.410 e. The third-order valence-corrected chi connectivity index (χ3v) is 7.50. The number of carbonyl (C=O) groups is 3. The molecule has 0 N–H and O–H groups in total. The van der Waals surface area contributed by atoms with Crippen molar-refractivity contribution in [3.63, 3.8) is 0 Å². The average Bonchev–Trinajstić information content (AvgIpc) is 3.04. The van der Waals surface area contributed by atoms with E-state index in [2.05, 4.69) is 22.6 Å². The first-order chi connectivity index (χ1) is 12.0. The standard InChI is InChI=1S/C18H25IN2O5/c1-11-14(19)18(15(23)21(11)12-9-13(22)25-10-12)5-7-20(8-6-18)16(24)26-17(2,3)4/h9,11,14H,5-8,10H2,1-4H3. The van der Waals surface area contributed by atoms with E-state index in [0.29, 0.717) is 31.6 Å². The van der Waals surface area contributed by atoms with Crippen molar-refractivity contribution in [3.8, 4) is 0 Å². The lowest BCUT2D eigenvalue weighted by molar-refractivity contribution is -0.138. The summed E-state index contributed by atoms with van der Waals surface area (Å²) in [7, 11) is 0. The highest BCUT2D eigenvalue weighted by Crippen LogP contribution is 2.50. The predicted molar refractivity (Wildman–Crippen MR) is 103 cm³/mol. The average molecular weight is 476 g/mol. The molecule has 0 aromatic heterocycles. The number of nitrogens with zero attached hydrogens (tertiary/aromatic N) is 2. The van der Waals surface area contributed by atoms with Gasteiger partial charge in [-0.2, -0.15) is 0 Å². The molecule has 2 unspecified atom stereocenters. The topological polar surface area (TPSA) is 76.2 Å². The monoisotopic (exact) mass is 476 g/mol. The molecule has 2 saturated heterocycles. The van der Waals surface area contributed by atoms with Crippen molar-refractivity contribution in [1.29, 1.82) is 0 Å². The van der Waals surface area contributed by atoms with Crippen LogP contribution in [0.1, 0.15) is 40.5 Å². The highest BCUT2D eigenvalue weighted by atomic mass is 127. The number of alkyl halides is 1. The Hall–Kier alpha value is -1.32. The second kappa shape index (κ2) is 6.69. The molecule has 3 aliphatic rings. The van der Waals surface area contributed by atoms with E-state index >= 15 is 0 Å². The lowest BCUT2D eigenvalue weighted by Gasteiger charge is -2.40. The van der Waals surface area contributed by atoms with Crippen LogP contribution in [0.25, 0.3) is 0 Å². The Balaban J connectivity index is 1.73. The molecular formula is C18H25IN2O5. The van der Waals surface area contributed by atoms with Gasteiger partial charge in [0.15, 0.2) is 0 Å². The number of rotatable bonds is 1. The molecule has 0 aromatic carbocycles. The summed E-state index contributed by atoms with van der Waals surface area (Å²) < 4.78 is 10.5. The van der Waals surface area contributed by atoms with Crippen molar-refractivity contribution in [3.05, 3.63) is 11.8 Å². The summed E-state index contributed by atoms with van der Waals surface area (Å²) in [4.78, 5) is 40.4. The minimum Gasteiger partial charge on any atom is -0.456 e. The van der Waals surface area contributed by atoms with E-state index in [9.17, 15) is 14.4 Å². The molecule has 7 nitrogen and oxygen atoms in total. The van der Waals surface area contributed by atoms with Crippen LogP contribution in [-0.4, -0.2) is 63.0 Å². The molecule has 0 aliphatic carbocycles.